The normalized spacial score (nSPS) is 17.8. The van der Waals surface area contributed by atoms with Crippen LogP contribution in [0.25, 0.3) is 0 Å². The third-order valence-electron chi connectivity index (χ3n) is 5.95. The van der Waals surface area contributed by atoms with Crippen LogP contribution >= 0.6 is 0 Å². The quantitative estimate of drug-likeness (QED) is 0.627. The Balaban J connectivity index is 1.90. The molecule has 0 saturated carbocycles. The summed E-state index contributed by atoms with van der Waals surface area (Å²) in [6.07, 6.45) is 3.15. The minimum atomic E-state index is -0.882. The second kappa shape index (κ2) is 7.14. The molecule has 1 aliphatic rings. The van der Waals surface area contributed by atoms with E-state index in [9.17, 15) is 9.90 Å². The summed E-state index contributed by atoms with van der Waals surface area (Å²) in [4.78, 5) is 11.7. The van der Waals surface area contributed by atoms with Gasteiger partial charge in [0.25, 0.3) is 0 Å². The maximum atomic E-state index is 11.7. The van der Waals surface area contributed by atoms with Gasteiger partial charge >= 0.3 is 5.97 Å². The number of nitrogens with zero attached hydrogens (tertiary/aromatic N) is 1. The van der Waals surface area contributed by atoms with Gasteiger partial charge in [-0.2, -0.15) is 0 Å². The number of rotatable bonds is 2. The van der Waals surface area contributed by atoms with Crippen LogP contribution in [0.4, 0.5) is 0 Å². The van der Waals surface area contributed by atoms with E-state index in [1.54, 1.807) is 23.9 Å². The second-order valence-corrected chi connectivity index (χ2v) is 8.96. The molecular weight excluding hydrogens is 350 g/mol. The number of esters is 1. The summed E-state index contributed by atoms with van der Waals surface area (Å²) >= 11 is 0. The number of benzene rings is 1. The van der Waals surface area contributed by atoms with Gasteiger partial charge < -0.3 is 14.4 Å². The van der Waals surface area contributed by atoms with E-state index in [1.165, 1.54) is 18.2 Å². The number of methoxy groups -OCH3 is 1. The predicted molar refractivity (Wildman–Crippen MR) is 110 cm³/mol. The van der Waals surface area contributed by atoms with Gasteiger partial charge in [0.15, 0.2) is 0 Å². The highest BCUT2D eigenvalue weighted by Gasteiger charge is 2.37. The van der Waals surface area contributed by atoms with Crippen LogP contribution in [-0.4, -0.2) is 22.8 Å². The van der Waals surface area contributed by atoms with Crippen molar-refractivity contribution < 1.29 is 14.6 Å². The van der Waals surface area contributed by atoms with Gasteiger partial charge in [-0.3, -0.25) is 0 Å². The third kappa shape index (κ3) is 3.72. The summed E-state index contributed by atoms with van der Waals surface area (Å²) < 4.78 is 6.43. The molecule has 0 radical (unpaired) electrons. The molecule has 4 heteroatoms. The molecule has 4 nitrogen and oxygen atoms in total. The molecule has 28 heavy (non-hydrogen) atoms. The fourth-order valence-corrected chi connectivity index (χ4v) is 3.95. The van der Waals surface area contributed by atoms with Gasteiger partial charge in [-0.05, 0) is 46.4 Å². The molecule has 1 N–H and O–H groups in total. The zero-order valence-electron chi connectivity index (χ0n) is 17.6. The number of carbonyl (C=O) groups is 1. The van der Waals surface area contributed by atoms with Gasteiger partial charge in [0, 0.05) is 18.8 Å². The maximum Gasteiger partial charge on any atom is 0.354 e. The highest BCUT2D eigenvalue weighted by molar-refractivity contribution is 5.88. The first-order valence-electron chi connectivity index (χ1n) is 9.64. The van der Waals surface area contributed by atoms with Gasteiger partial charge in [0.05, 0.1) is 7.11 Å². The molecule has 1 atom stereocenters. The lowest BCUT2D eigenvalue weighted by Crippen LogP contribution is -2.34. The number of hydrogen-bond donors (Lipinski definition) is 1. The van der Waals surface area contributed by atoms with Crippen LogP contribution in [0.2, 0.25) is 0 Å². The smallest absolute Gasteiger partial charge is 0.354 e. The molecule has 1 aliphatic carbocycles. The van der Waals surface area contributed by atoms with Crippen molar-refractivity contribution in [2.24, 2.45) is 7.05 Å². The molecule has 1 aromatic carbocycles. The molecule has 2 aromatic rings. The van der Waals surface area contributed by atoms with E-state index in [1.807, 2.05) is 6.07 Å². The van der Waals surface area contributed by atoms with Crippen LogP contribution in [0.3, 0.4) is 0 Å². The van der Waals surface area contributed by atoms with E-state index in [0.717, 1.165) is 18.4 Å². The molecule has 0 aliphatic heterocycles. The van der Waals surface area contributed by atoms with Crippen LogP contribution in [0, 0.1) is 11.8 Å². The zero-order valence-corrected chi connectivity index (χ0v) is 17.6. The molecule has 0 saturated heterocycles. The fourth-order valence-electron chi connectivity index (χ4n) is 3.95. The number of aryl methyl sites for hydroxylation is 1. The number of carbonyl (C=O) groups excluding carboxylic acids is 1. The van der Waals surface area contributed by atoms with Crippen molar-refractivity contribution in [2.75, 3.05) is 7.11 Å². The Morgan fingerprint density at radius 2 is 1.79 bits per heavy atom. The van der Waals surface area contributed by atoms with Crippen molar-refractivity contribution in [3.8, 4) is 11.8 Å². The standard InChI is InChI=1S/C24H29NO3/c1-23(2)11-12-24(3,4)19-14-17(8-9-18(19)23)21(26)10-7-16-13-20(22(27)28-6)25(5)15-16/h8-9,13-15,21,26H,11-12H2,1-6H3. The van der Waals surface area contributed by atoms with Gasteiger partial charge in [-0.25, -0.2) is 4.79 Å². The van der Waals surface area contributed by atoms with E-state index < -0.39 is 12.1 Å². The number of hydrogen-bond acceptors (Lipinski definition) is 3. The van der Waals surface area contributed by atoms with Crippen molar-refractivity contribution in [2.45, 2.75) is 57.5 Å². The summed E-state index contributed by atoms with van der Waals surface area (Å²) in [5, 5.41) is 10.6. The van der Waals surface area contributed by atoms with Gasteiger partial charge in [0.1, 0.15) is 11.8 Å². The van der Waals surface area contributed by atoms with Crippen LogP contribution < -0.4 is 0 Å². The van der Waals surface area contributed by atoms with Crippen molar-refractivity contribution in [1.82, 2.24) is 4.57 Å². The van der Waals surface area contributed by atoms with Gasteiger partial charge in [-0.1, -0.05) is 57.7 Å². The number of ether oxygens (including phenoxy) is 1. The average molecular weight is 380 g/mol. The van der Waals surface area contributed by atoms with E-state index in [-0.39, 0.29) is 10.8 Å². The molecule has 1 heterocycles. The van der Waals surface area contributed by atoms with E-state index >= 15 is 0 Å². The van der Waals surface area contributed by atoms with Crippen molar-refractivity contribution in [3.63, 3.8) is 0 Å². The summed E-state index contributed by atoms with van der Waals surface area (Å²) in [5.74, 6) is 5.47. The molecular formula is C24H29NO3. The monoisotopic (exact) mass is 379 g/mol. The van der Waals surface area contributed by atoms with E-state index in [4.69, 9.17) is 4.74 Å². The second-order valence-electron chi connectivity index (χ2n) is 8.96. The number of aliphatic hydroxyl groups is 1. The van der Waals surface area contributed by atoms with Crippen LogP contribution in [0.1, 0.15) is 79.4 Å². The third-order valence-corrected chi connectivity index (χ3v) is 5.95. The summed E-state index contributed by atoms with van der Waals surface area (Å²) in [6.45, 7) is 9.10. The Hall–Kier alpha value is -2.51. The first kappa shape index (κ1) is 20.2. The lowest BCUT2D eigenvalue weighted by atomic mass is 9.63. The Morgan fingerprint density at radius 1 is 1.14 bits per heavy atom. The first-order valence-corrected chi connectivity index (χ1v) is 9.64. The lowest BCUT2D eigenvalue weighted by Gasteiger charge is -2.42. The Labute approximate surface area is 167 Å². The van der Waals surface area contributed by atoms with Crippen molar-refractivity contribution in [1.29, 1.82) is 0 Å². The molecule has 148 valence electrons. The van der Waals surface area contributed by atoms with E-state index in [2.05, 4.69) is 51.7 Å². The largest absolute Gasteiger partial charge is 0.464 e. The minimum absolute atomic E-state index is 0.0862. The fraction of sp³-hybridized carbons (Fsp3) is 0.458. The number of aliphatic hydroxyl groups excluding tert-OH is 1. The molecule has 0 amide bonds. The SMILES string of the molecule is COC(=O)c1cc(C#CC(O)c2ccc3c(c2)C(C)(C)CCC3(C)C)cn1C. The molecule has 0 spiro atoms. The van der Waals surface area contributed by atoms with Gasteiger partial charge in [0.2, 0.25) is 0 Å². The van der Waals surface area contributed by atoms with Crippen molar-refractivity contribution >= 4 is 5.97 Å². The zero-order chi connectivity index (χ0) is 20.7. The Kier molecular flexibility index (Phi) is 5.16. The highest BCUT2D eigenvalue weighted by Crippen LogP contribution is 2.46. The highest BCUT2D eigenvalue weighted by atomic mass is 16.5. The van der Waals surface area contributed by atoms with Crippen molar-refractivity contribution in [3.05, 3.63) is 58.4 Å². The predicted octanol–water partition coefficient (Wildman–Crippen LogP) is 4.25. The summed E-state index contributed by atoms with van der Waals surface area (Å²) in [6, 6.07) is 7.91. The summed E-state index contributed by atoms with van der Waals surface area (Å²) in [5.41, 5.74) is 4.80. The topological polar surface area (TPSA) is 51.5 Å². The minimum Gasteiger partial charge on any atom is -0.464 e. The molecule has 1 unspecified atom stereocenters. The lowest BCUT2D eigenvalue weighted by molar-refractivity contribution is 0.0590. The molecule has 3 rings (SSSR count). The number of aromatic nitrogens is 1. The van der Waals surface area contributed by atoms with Crippen LogP contribution in [-0.2, 0) is 22.6 Å². The molecule has 1 aromatic heterocycles. The Morgan fingerprint density at radius 3 is 2.43 bits per heavy atom. The molecule has 0 fully saturated rings. The Bertz CT molecular complexity index is 969. The summed E-state index contributed by atoms with van der Waals surface area (Å²) in [7, 11) is 3.12. The van der Waals surface area contributed by atoms with E-state index in [0.29, 0.717) is 11.3 Å². The number of fused-ring (bicyclic) bond motifs is 1. The molecule has 0 bridgehead atoms. The maximum absolute atomic E-state index is 11.7. The van der Waals surface area contributed by atoms with Gasteiger partial charge in [-0.15, -0.1) is 0 Å². The first-order chi connectivity index (χ1) is 13.0. The van der Waals surface area contributed by atoms with Crippen LogP contribution in [0.15, 0.2) is 30.5 Å². The van der Waals surface area contributed by atoms with Crippen LogP contribution in [0.5, 0.6) is 0 Å². The average Bonchev–Trinajstić information content (AvgIpc) is 3.03.